The van der Waals surface area contributed by atoms with Crippen molar-refractivity contribution in [1.82, 2.24) is 4.57 Å². The number of rotatable bonds is 6. The Morgan fingerprint density at radius 2 is 1.97 bits per heavy atom. The second-order valence-electron chi connectivity index (χ2n) is 6.82. The number of aromatic nitrogens is 1. The van der Waals surface area contributed by atoms with E-state index in [-0.39, 0.29) is 24.4 Å². The molecule has 3 N–H and O–H groups in total. The normalized spacial score (nSPS) is 10.9. The van der Waals surface area contributed by atoms with E-state index in [9.17, 15) is 14.4 Å². The average molecular weight is 413 g/mol. The number of carbonyl (C=O) groups excluding carboxylic acids is 2. The first-order valence-corrected chi connectivity index (χ1v) is 9.93. The van der Waals surface area contributed by atoms with E-state index >= 15 is 0 Å². The van der Waals surface area contributed by atoms with Crippen molar-refractivity contribution in [1.29, 1.82) is 0 Å². The number of nitrogens with two attached hydrogens (primary N) is 1. The number of fused-ring (bicyclic) bond motifs is 1. The van der Waals surface area contributed by atoms with Gasteiger partial charge in [-0.15, -0.1) is 11.3 Å². The van der Waals surface area contributed by atoms with Gasteiger partial charge in [0.2, 0.25) is 5.91 Å². The van der Waals surface area contributed by atoms with Crippen molar-refractivity contribution in [3.05, 3.63) is 56.2 Å². The smallest absolute Gasteiger partial charge is 0.251 e. The number of hydrogen-bond acceptors (Lipinski definition) is 5. The number of anilines is 1. The fourth-order valence-electron chi connectivity index (χ4n) is 3.37. The van der Waals surface area contributed by atoms with E-state index < -0.39 is 5.91 Å². The predicted molar refractivity (Wildman–Crippen MR) is 115 cm³/mol. The number of pyridine rings is 1. The number of hydrogen-bond donors (Lipinski definition) is 2. The van der Waals surface area contributed by atoms with E-state index in [1.807, 2.05) is 26.0 Å². The topological polar surface area (TPSA) is 103 Å². The monoisotopic (exact) mass is 413 g/mol. The van der Waals surface area contributed by atoms with Crippen molar-refractivity contribution in [2.45, 2.75) is 33.7 Å². The zero-order valence-corrected chi connectivity index (χ0v) is 17.6. The number of benzene rings is 1. The molecule has 0 bridgehead atoms. The molecule has 0 saturated heterocycles. The van der Waals surface area contributed by atoms with Crippen molar-refractivity contribution >= 4 is 39.1 Å². The molecule has 2 aromatic heterocycles. The molecule has 1 aromatic carbocycles. The fourth-order valence-corrected chi connectivity index (χ4v) is 4.45. The van der Waals surface area contributed by atoms with E-state index in [4.69, 9.17) is 10.5 Å². The average Bonchev–Trinajstić information content (AvgIpc) is 2.94. The number of thiophene rings is 1. The fraction of sp³-hybridized carbons (Fsp3) is 0.286. The summed E-state index contributed by atoms with van der Waals surface area (Å²) in [5, 5.41) is 4.10. The van der Waals surface area contributed by atoms with Crippen molar-refractivity contribution in [2.24, 2.45) is 5.73 Å². The highest BCUT2D eigenvalue weighted by molar-refractivity contribution is 7.16. The van der Waals surface area contributed by atoms with Crippen LogP contribution in [0, 0.1) is 20.8 Å². The number of amides is 2. The minimum absolute atomic E-state index is 0.0598. The second-order valence-corrected chi connectivity index (χ2v) is 8.05. The standard InChI is InChI=1S/C21H23N3O4S/c1-11-10-17(26)24(19-14(11)6-5-7-15(19)28-4)9-8-16(25)23-21-18(20(22)27)12(2)13(3)29-21/h5-7,10H,8-9H2,1-4H3,(H2,22,27)(H,23,25). The van der Waals surface area contributed by atoms with Crippen molar-refractivity contribution in [3.63, 3.8) is 0 Å². The second kappa shape index (κ2) is 8.08. The Balaban J connectivity index is 1.89. The van der Waals surface area contributed by atoms with Crippen LogP contribution in [0.4, 0.5) is 5.00 Å². The largest absolute Gasteiger partial charge is 0.495 e. The summed E-state index contributed by atoms with van der Waals surface area (Å²) in [6.07, 6.45) is 0.0598. The Labute approximate surface area is 172 Å². The van der Waals surface area contributed by atoms with Gasteiger partial charge in [0.25, 0.3) is 11.5 Å². The molecule has 152 valence electrons. The van der Waals surface area contributed by atoms with E-state index in [1.165, 1.54) is 11.3 Å². The molecule has 0 radical (unpaired) electrons. The highest BCUT2D eigenvalue weighted by Crippen LogP contribution is 2.32. The molecule has 0 fully saturated rings. The minimum atomic E-state index is -0.576. The van der Waals surface area contributed by atoms with Gasteiger partial charge in [-0.05, 0) is 38.0 Å². The summed E-state index contributed by atoms with van der Waals surface area (Å²) < 4.78 is 6.97. The number of carbonyl (C=O) groups is 2. The first-order chi connectivity index (χ1) is 13.7. The molecule has 0 unspecified atom stereocenters. The zero-order valence-electron chi connectivity index (χ0n) is 16.8. The molecule has 7 nitrogen and oxygen atoms in total. The number of nitrogens with one attached hydrogen (secondary N) is 1. The van der Waals surface area contributed by atoms with Crippen molar-refractivity contribution in [2.75, 3.05) is 12.4 Å². The summed E-state index contributed by atoms with van der Waals surface area (Å²) in [6, 6.07) is 7.12. The van der Waals surface area contributed by atoms with Gasteiger partial charge >= 0.3 is 0 Å². The lowest BCUT2D eigenvalue weighted by Gasteiger charge is -2.15. The Morgan fingerprint density at radius 1 is 1.24 bits per heavy atom. The van der Waals surface area contributed by atoms with Gasteiger partial charge in [0.15, 0.2) is 0 Å². The minimum Gasteiger partial charge on any atom is -0.495 e. The quantitative estimate of drug-likeness (QED) is 0.648. The van der Waals surface area contributed by atoms with Gasteiger partial charge in [-0.1, -0.05) is 12.1 Å². The Morgan fingerprint density at radius 3 is 2.62 bits per heavy atom. The van der Waals surface area contributed by atoms with Crippen LogP contribution in [0.15, 0.2) is 29.1 Å². The number of primary amides is 1. The third kappa shape index (κ3) is 3.88. The van der Waals surface area contributed by atoms with E-state index in [0.717, 1.165) is 21.4 Å². The summed E-state index contributed by atoms with van der Waals surface area (Å²) in [5.41, 5.74) is 7.86. The third-order valence-corrected chi connectivity index (χ3v) is 6.09. The van der Waals surface area contributed by atoms with Gasteiger partial charge in [-0.2, -0.15) is 0 Å². The van der Waals surface area contributed by atoms with Crippen LogP contribution in [0.5, 0.6) is 5.75 Å². The molecule has 2 heterocycles. The molecule has 0 aliphatic heterocycles. The molecule has 8 heteroatoms. The van der Waals surface area contributed by atoms with Crippen molar-refractivity contribution in [3.8, 4) is 5.75 Å². The molecule has 0 spiro atoms. The summed E-state index contributed by atoms with van der Waals surface area (Å²) >= 11 is 1.31. The van der Waals surface area contributed by atoms with Crippen LogP contribution >= 0.6 is 11.3 Å². The predicted octanol–water partition coefficient (Wildman–Crippen LogP) is 3.12. The zero-order chi connectivity index (χ0) is 21.3. The van der Waals surface area contributed by atoms with Gasteiger partial charge < -0.3 is 20.4 Å². The van der Waals surface area contributed by atoms with Gasteiger partial charge in [0.1, 0.15) is 10.8 Å². The highest BCUT2D eigenvalue weighted by Gasteiger charge is 2.19. The third-order valence-electron chi connectivity index (χ3n) is 4.97. The molecule has 2 amide bonds. The van der Waals surface area contributed by atoms with Crippen LogP contribution in [0.1, 0.15) is 32.8 Å². The van der Waals surface area contributed by atoms with Gasteiger partial charge in [-0.25, -0.2) is 0 Å². The summed E-state index contributed by atoms with van der Waals surface area (Å²) in [5.74, 6) is -0.305. The lowest BCUT2D eigenvalue weighted by Crippen LogP contribution is -2.24. The molecular formula is C21H23N3O4S. The van der Waals surface area contributed by atoms with E-state index in [1.54, 1.807) is 30.7 Å². The Bertz CT molecular complexity index is 1180. The first kappa shape index (κ1) is 20.6. The summed E-state index contributed by atoms with van der Waals surface area (Å²) in [6.45, 7) is 5.71. The summed E-state index contributed by atoms with van der Waals surface area (Å²) in [7, 11) is 1.55. The molecule has 0 saturated carbocycles. The lowest BCUT2D eigenvalue weighted by atomic mass is 10.1. The SMILES string of the molecule is COc1cccc2c(C)cc(=O)n(CCC(=O)Nc3sc(C)c(C)c3C(N)=O)c12. The van der Waals surface area contributed by atoms with Gasteiger partial charge in [0, 0.05) is 29.3 Å². The highest BCUT2D eigenvalue weighted by atomic mass is 32.1. The maximum Gasteiger partial charge on any atom is 0.251 e. The number of para-hydroxylation sites is 1. The van der Waals surface area contributed by atoms with Crippen LogP contribution in [0.3, 0.4) is 0 Å². The molecule has 0 aliphatic rings. The molecular weight excluding hydrogens is 390 g/mol. The number of aryl methyl sites for hydroxylation is 3. The van der Waals surface area contributed by atoms with Crippen LogP contribution in [0.25, 0.3) is 10.9 Å². The molecule has 3 aromatic rings. The molecule has 0 aliphatic carbocycles. The Kier molecular flexibility index (Phi) is 5.74. The van der Waals surface area contributed by atoms with Crippen LogP contribution in [0.2, 0.25) is 0 Å². The van der Waals surface area contributed by atoms with E-state index in [0.29, 0.717) is 21.8 Å². The Hall–Kier alpha value is -3.13. The number of ether oxygens (including phenoxy) is 1. The summed E-state index contributed by atoms with van der Waals surface area (Å²) in [4.78, 5) is 37.8. The first-order valence-electron chi connectivity index (χ1n) is 9.11. The maximum atomic E-state index is 12.6. The number of methoxy groups -OCH3 is 1. The lowest BCUT2D eigenvalue weighted by molar-refractivity contribution is -0.116. The maximum absolute atomic E-state index is 12.6. The molecule has 0 atom stereocenters. The van der Waals surface area contributed by atoms with Gasteiger partial charge in [-0.3, -0.25) is 14.4 Å². The van der Waals surface area contributed by atoms with Gasteiger partial charge in [0.05, 0.1) is 18.2 Å². The van der Waals surface area contributed by atoms with Crippen LogP contribution < -0.4 is 21.3 Å². The van der Waals surface area contributed by atoms with Crippen LogP contribution in [-0.2, 0) is 11.3 Å². The number of nitrogens with zero attached hydrogens (tertiary/aromatic N) is 1. The molecule has 3 rings (SSSR count). The molecule has 29 heavy (non-hydrogen) atoms. The van der Waals surface area contributed by atoms with Crippen LogP contribution in [-0.4, -0.2) is 23.5 Å². The van der Waals surface area contributed by atoms with E-state index in [2.05, 4.69) is 5.32 Å². The van der Waals surface area contributed by atoms with Crippen molar-refractivity contribution < 1.29 is 14.3 Å².